The Balaban J connectivity index is 1.84. The van der Waals surface area contributed by atoms with Gasteiger partial charge in [-0.3, -0.25) is 4.79 Å². The average molecular weight is 514 g/mol. The van der Waals surface area contributed by atoms with Gasteiger partial charge >= 0.3 is 0 Å². The molecular weight excluding hydrogens is 478 g/mol. The molecule has 1 aromatic rings. The molecular formula is C24H35NO11. The second-order valence-corrected chi connectivity index (χ2v) is 8.68. The number of aliphatic hydroxyl groups is 5. The van der Waals surface area contributed by atoms with E-state index in [9.17, 15) is 30.3 Å². The van der Waals surface area contributed by atoms with Gasteiger partial charge in [0, 0.05) is 6.92 Å². The zero-order chi connectivity index (χ0) is 26.2. The van der Waals surface area contributed by atoms with Gasteiger partial charge in [0.05, 0.1) is 26.4 Å². The van der Waals surface area contributed by atoms with Crippen molar-refractivity contribution in [1.29, 1.82) is 0 Å². The third-order valence-corrected chi connectivity index (χ3v) is 5.98. The van der Waals surface area contributed by atoms with Gasteiger partial charge < -0.3 is 54.5 Å². The molecule has 6 N–H and O–H groups in total. The van der Waals surface area contributed by atoms with E-state index < -0.39 is 73.9 Å². The van der Waals surface area contributed by atoms with E-state index in [1.54, 1.807) is 0 Å². The van der Waals surface area contributed by atoms with Crippen molar-refractivity contribution in [3.8, 4) is 0 Å². The molecule has 2 fully saturated rings. The first-order chi connectivity index (χ1) is 17.3. The monoisotopic (exact) mass is 513 g/mol. The van der Waals surface area contributed by atoms with E-state index >= 15 is 0 Å². The molecule has 12 nitrogen and oxygen atoms in total. The molecule has 0 bridgehead atoms. The van der Waals surface area contributed by atoms with Gasteiger partial charge in [-0.15, -0.1) is 6.58 Å². The number of rotatable bonds is 11. The summed E-state index contributed by atoms with van der Waals surface area (Å²) >= 11 is 0. The molecule has 36 heavy (non-hydrogen) atoms. The van der Waals surface area contributed by atoms with Crippen LogP contribution < -0.4 is 5.32 Å². The Kier molecular flexibility index (Phi) is 10.8. The van der Waals surface area contributed by atoms with Crippen LogP contribution in [-0.2, 0) is 35.1 Å². The van der Waals surface area contributed by atoms with E-state index in [1.165, 1.54) is 13.0 Å². The number of carbonyl (C=O) groups excluding carboxylic acids is 1. The quantitative estimate of drug-likeness (QED) is 0.184. The van der Waals surface area contributed by atoms with Crippen molar-refractivity contribution >= 4 is 5.91 Å². The Morgan fingerprint density at radius 1 is 1.06 bits per heavy atom. The maximum atomic E-state index is 11.8. The summed E-state index contributed by atoms with van der Waals surface area (Å²) in [5.74, 6) is -0.458. The van der Waals surface area contributed by atoms with Crippen LogP contribution in [0.25, 0.3) is 0 Å². The highest BCUT2D eigenvalue weighted by Gasteiger charge is 2.51. The summed E-state index contributed by atoms with van der Waals surface area (Å²) < 4.78 is 28.9. The van der Waals surface area contributed by atoms with Gasteiger partial charge in [0.1, 0.15) is 48.8 Å². The van der Waals surface area contributed by atoms with E-state index in [4.69, 9.17) is 23.7 Å². The van der Waals surface area contributed by atoms with Gasteiger partial charge in [0.2, 0.25) is 5.91 Å². The van der Waals surface area contributed by atoms with Crippen molar-refractivity contribution in [1.82, 2.24) is 5.32 Å². The van der Waals surface area contributed by atoms with Gasteiger partial charge in [0.15, 0.2) is 12.6 Å². The van der Waals surface area contributed by atoms with Crippen molar-refractivity contribution in [2.45, 2.75) is 74.9 Å². The molecule has 3 rings (SSSR count). The van der Waals surface area contributed by atoms with Crippen molar-refractivity contribution in [3.63, 3.8) is 0 Å². The Morgan fingerprint density at radius 2 is 1.78 bits per heavy atom. The third kappa shape index (κ3) is 7.07. The molecule has 2 heterocycles. The van der Waals surface area contributed by atoms with Crippen LogP contribution in [0.15, 0.2) is 43.0 Å². The SMILES string of the molecule is C=CCOC1C(NC(C)=O)[C@@H](O)OC(COCc2ccccc2)[C@H]1O[C@@H]1OC(CO)[C@H](O)C(O)C1O. The minimum absolute atomic E-state index is 0.0274. The Bertz CT molecular complexity index is 826. The van der Waals surface area contributed by atoms with Gasteiger partial charge in [-0.1, -0.05) is 36.4 Å². The van der Waals surface area contributed by atoms with Gasteiger partial charge in [-0.2, -0.15) is 0 Å². The number of benzene rings is 1. The van der Waals surface area contributed by atoms with Crippen LogP contribution in [0.4, 0.5) is 0 Å². The van der Waals surface area contributed by atoms with E-state index in [-0.39, 0.29) is 19.8 Å². The lowest BCUT2D eigenvalue weighted by Gasteiger charge is -2.47. The molecule has 12 heteroatoms. The van der Waals surface area contributed by atoms with Crippen molar-refractivity contribution in [3.05, 3.63) is 48.6 Å². The molecule has 0 saturated carbocycles. The lowest BCUT2D eigenvalue weighted by atomic mass is 9.95. The minimum atomic E-state index is -1.68. The molecule has 6 unspecified atom stereocenters. The van der Waals surface area contributed by atoms with Crippen LogP contribution >= 0.6 is 0 Å². The predicted molar refractivity (Wildman–Crippen MR) is 123 cm³/mol. The summed E-state index contributed by atoms with van der Waals surface area (Å²) in [6.45, 7) is 4.43. The molecule has 0 radical (unpaired) electrons. The summed E-state index contributed by atoms with van der Waals surface area (Å²) in [5.41, 5.74) is 0.899. The van der Waals surface area contributed by atoms with Gasteiger partial charge in [-0.25, -0.2) is 0 Å². The fourth-order valence-electron chi connectivity index (χ4n) is 4.19. The molecule has 2 aliphatic heterocycles. The predicted octanol–water partition coefficient (Wildman–Crippen LogP) is -1.82. The molecule has 202 valence electrons. The molecule has 2 saturated heterocycles. The van der Waals surface area contributed by atoms with Crippen LogP contribution in [0.1, 0.15) is 12.5 Å². The highest BCUT2D eigenvalue weighted by Crippen LogP contribution is 2.30. The van der Waals surface area contributed by atoms with E-state index in [2.05, 4.69) is 11.9 Å². The van der Waals surface area contributed by atoms with Crippen LogP contribution in [-0.4, -0.2) is 113 Å². The summed E-state index contributed by atoms with van der Waals surface area (Å²) in [6, 6.07) is 8.28. The normalized spacial score (nSPS) is 36.8. The summed E-state index contributed by atoms with van der Waals surface area (Å²) in [4.78, 5) is 11.8. The van der Waals surface area contributed by atoms with Crippen LogP contribution in [0, 0.1) is 0 Å². The maximum absolute atomic E-state index is 11.8. The maximum Gasteiger partial charge on any atom is 0.217 e. The molecule has 10 atom stereocenters. The van der Waals surface area contributed by atoms with Crippen molar-refractivity contribution < 1.29 is 54.0 Å². The Hall–Kier alpha value is -1.97. The second kappa shape index (κ2) is 13.5. The second-order valence-electron chi connectivity index (χ2n) is 8.68. The molecule has 1 amide bonds. The van der Waals surface area contributed by atoms with Crippen LogP contribution in [0.3, 0.4) is 0 Å². The molecule has 0 spiro atoms. The number of ether oxygens (including phenoxy) is 5. The number of aliphatic hydroxyl groups excluding tert-OH is 5. The molecule has 2 aliphatic rings. The van der Waals surface area contributed by atoms with Crippen molar-refractivity contribution in [2.75, 3.05) is 19.8 Å². The molecule has 0 aromatic heterocycles. The number of hydrogen-bond acceptors (Lipinski definition) is 11. The number of nitrogens with one attached hydrogen (secondary N) is 1. The van der Waals surface area contributed by atoms with E-state index in [0.29, 0.717) is 0 Å². The lowest BCUT2D eigenvalue weighted by Crippen LogP contribution is -2.67. The molecule has 0 aliphatic carbocycles. The fraction of sp³-hybridized carbons (Fsp3) is 0.625. The Morgan fingerprint density at radius 3 is 2.42 bits per heavy atom. The smallest absolute Gasteiger partial charge is 0.217 e. The van der Waals surface area contributed by atoms with Crippen molar-refractivity contribution in [2.24, 2.45) is 0 Å². The first-order valence-electron chi connectivity index (χ1n) is 11.7. The average Bonchev–Trinajstić information content (AvgIpc) is 2.86. The summed E-state index contributed by atoms with van der Waals surface area (Å²) in [5, 5.41) is 53.5. The standard InChI is InChI=1S/C24H35NO11/c1-3-9-33-22-17(25-13(2)27)23(31)34-16(12-32-11-14-7-5-4-6-8-14)21(22)36-24-20(30)19(29)18(28)15(10-26)35-24/h3-8,15-24,26,28-31H,1,9-12H2,2H3,(H,25,27)/t15?,16?,17?,18-,19?,20?,21+,22?,23-,24-/m0/s1. The van der Waals surface area contributed by atoms with Crippen LogP contribution in [0.5, 0.6) is 0 Å². The number of carbonyl (C=O) groups is 1. The van der Waals surface area contributed by atoms with E-state index in [1.807, 2.05) is 30.3 Å². The number of hydrogen-bond donors (Lipinski definition) is 6. The van der Waals surface area contributed by atoms with Gasteiger partial charge in [0.25, 0.3) is 0 Å². The largest absolute Gasteiger partial charge is 0.394 e. The highest BCUT2D eigenvalue weighted by molar-refractivity contribution is 5.73. The minimum Gasteiger partial charge on any atom is -0.394 e. The summed E-state index contributed by atoms with van der Waals surface area (Å²) in [7, 11) is 0. The van der Waals surface area contributed by atoms with Crippen LogP contribution in [0.2, 0.25) is 0 Å². The first-order valence-corrected chi connectivity index (χ1v) is 11.7. The fourth-order valence-corrected chi connectivity index (χ4v) is 4.19. The zero-order valence-corrected chi connectivity index (χ0v) is 20.0. The Labute approximate surface area is 209 Å². The van der Waals surface area contributed by atoms with E-state index in [0.717, 1.165) is 5.56 Å². The third-order valence-electron chi connectivity index (χ3n) is 5.98. The highest BCUT2D eigenvalue weighted by atomic mass is 16.7. The topological polar surface area (TPSA) is 176 Å². The van der Waals surface area contributed by atoms with Gasteiger partial charge in [-0.05, 0) is 5.56 Å². The summed E-state index contributed by atoms with van der Waals surface area (Å²) in [6.07, 6.45) is -10.7. The lowest BCUT2D eigenvalue weighted by molar-refractivity contribution is -0.348. The molecule has 1 aromatic carbocycles. The first kappa shape index (κ1) is 28.6. The zero-order valence-electron chi connectivity index (χ0n) is 20.0. The number of amides is 1.